The third-order valence-electron chi connectivity index (χ3n) is 4.16. The molecule has 1 aliphatic rings. The van der Waals surface area contributed by atoms with Crippen molar-refractivity contribution in [1.29, 1.82) is 0 Å². The number of benzene rings is 2. The van der Waals surface area contributed by atoms with Gasteiger partial charge in [0.1, 0.15) is 0 Å². The maximum atomic E-state index is 12.5. The van der Waals surface area contributed by atoms with Gasteiger partial charge in [-0.15, -0.1) is 0 Å². The van der Waals surface area contributed by atoms with Gasteiger partial charge in [-0.1, -0.05) is 43.2 Å². The van der Waals surface area contributed by atoms with E-state index in [4.69, 9.17) is 5.73 Å². The van der Waals surface area contributed by atoms with E-state index in [-0.39, 0.29) is 12.1 Å². The van der Waals surface area contributed by atoms with Crippen molar-refractivity contribution in [3.8, 4) is 0 Å². The fourth-order valence-electron chi connectivity index (χ4n) is 2.91. The molecule has 0 bridgehead atoms. The lowest BCUT2D eigenvalue weighted by Crippen LogP contribution is -2.49. The van der Waals surface area contributed by atoms with Gasteiger partial charge in [-0.3, -0.25) is 0 Å². The van der Waals surface area contributed by atoms with Crippen LogP contribution in [0.5, 0.6) is 0 Å². The Hall–Kier alpha value is -1.43. The van der Waals surface area contributed by atoms with Crippen LogP contribution in [0, 0.1) is 0 Å². The zero-order chi connectivity index (χ0) is 14.9. The molecule has 1 saturated carbocycles. The van der Waals surface area contributed by atoms with E-state index in [9.17, 15) is 8.42 Å². The quantitative estimate of drug-likeness (QED) is 0.914. The molecule has 21 heavy (non-hydrogen) atoms. The molecule has 0 amide bonds. The minimum Gasteiger partial charge on any atom is -0.326 e. The Balaban J connectivity index is 1.88. The number of hydrogen-bond donors (Lipinski definition) is 2. The summed E-state index contributed by atoms with van der Waals surface area (Å²) in [6, 6.07) is 12.7. The normalized spacial score (nSPS) is 23.3. The predicted octanol–water partition coefficient (Wildman–Crippen LogP) is 2.39. The summed E-state index contributed by atoms with van der Waals surface area (Å²) in [5.41, 5.74) is 6.03. The summed E-state index contributed by atoms with van der Waals surface area (Å²) < 4.78 is 27.8. The Morgan fingerprint density at radius 2 is 1.71 bits per heavy atom. The molecule has 1 aliphatic carbocycles. The molecule has 1 fully saturated rings. The summed E-state index contributed by atoms with van der Waals surface area (Å²) in [5.74, 6) is 0. The van der Waals surface area contributed by atoms with Crippen LogP contribution < -0.4 is 10.5 Å². The van der Waals surface area contributed by atoms with Crippen LogP contribution >= 0.6 is 0 Å². The predicted molar refractivity (Wildman–Crippen MR) is 84.5 cm³/mol. The molecule has 0 radical (unpaired) electrons. The van der Waals surface area contributed by atoms with Crippen molar-refractivity contribution in [3.63, 3.8) is 0 Å². The molecule has 3 N–H and O–H groups in total. The van der Waals surface area contributed by atoms with E-state index in [1.807, 2.05) is 30.3 Å². The summed E-state index contributed by atoms with van der Waals surface area (Å²) in [4.78, 5) is 0.305. The van der Waals surface area contributed by atoms with Crippen molar-refractivity contribution >= 4 is 20.8 Å². The van der Waals surface area contributed by atoms with Crippen LogP contribution in [-0.2, 0) is 10.0 Å². The van der Waals surface area contributed by atoms with Crippen molar-refractivity contribution in [2.45, 2.75) is 42.7 Å². The van der Waals surface area contributed by atoms with Gasteiger partial charge in [0.05, 0.1) is 4.90 Å². The molecule has 0 unspecified atom stereocenters. The van der Waals surface area contributed by atoms with Crippen molar-refractivity contribution in [3.05, 3.63) is 42.5 Å². The molecule has 2 atom stereocenters. The van der Waals surface area contributed by atoms with Gasteiger partial charge < -0.3 is 5.73 Å². The highest BCUT2D eigenvalue weighted by Crippen LogP contribution is 2.22. The third kappa shape index (κ3) is 3.10. The van der Waals surface area contributed by atoms with Crippen LogP contribution in [-0.4, -0.2) is 20.5 Å². The Bertz CT molecular complexity index is 743. The molecule has 5 heteroatoms. The largest absolute Gasteiger partial charge is 0.326 e. The minimum absolute atomic E-state index is 0.0889. The average molecular weight is 304 g/mol. The van der Waals surface area contributed by atoms with E-state index in [1.165, 1.54) is 0 Å². The topological polar surface area (TPSA) is 72.2 Å². The first-order chi connectivity index (χ1) is 10.1. The highest BCUT2D eigenvalue weighted by atomic mass is 32.2. The highest BCUT2D eigenvalue weighted by Gasteiger charge is 2.27. The van der Waals surface area contributed by atoms with Gasteiger partial charge in [0, 0.05) is 12.1 Å². The van der Waals surface area contributed by atoms with Gasteiger partial charge in [0.15, 0.2) is 0 Å². The molecule has 3 rings (SSSR count). The summed E-state index contributed by atoms with van der Waals surface area (Å²) in [6.45, 7) is 0. The van der Waals surface area contributed by atoms with Crippen molar-refractivity contribution in [2.75, 3.05) is 0 Å². The molecule has 112 valence electrons. The fraction of sp³-hybridized carbons (Fsp3) is 0.375. The van der Waals surface area contributed by atoms with Gasteiger partial charge in [-0.05, 0) is 35.7 Å². The molecule has 0 aliphatic heterocycles. The van der Waals surface area contributed by atoms with E-state index in [0.717, 1.165) is 36.5 Å². The maximum Gasteiger partial charge on any atom is 0.240 e. The molecule has 4 nitrogen and oxygen atoms in total. The lowest BCUT2D eigenvalue weighted by Gasteiger charge is -2.29. The summed E-state index contributed by atoms with van der Waals surface area (Å²) >= 11 is 0. The van der Waals surface area contributed by atoms with Crippen molar-refractivity contribution < 1.29 is 8.42 Å². The first-order valence-corrected chi connectivity index (χ1v) is 8.81. The zero-order valence-corrected chi connectivity index (χ0v) is 12.6. The second-order valence-electron chi connectivity index (χ2n) is 5.69. The van der Waals surface area contributed by atoms with Gasteiger partial charge in [0.2, 0.25) is 10.0 Å². The van der Waals surface area contributed by atoms with E-state index in [2.05, 4.69) is 4.72 Å². The van der Waals surface area contributed by atoms with Gasteiger partial charge >= 0.3 is 0 Å². The zero-order valence-electron chi connectivity index (χ0n) is 11.8. The molecular weight excluding hydrogens is 284 g/mol. The molecular formula is C16H20N2O2S. The molecule has 0 saturated heterocycles. The summed E-state index contributed by atoms with van der Waals surface area (Å²) in [5, 5.41) is 1.96. The lowest BCUT2D eigenvalue weighted by atomic mass is 9.92. The van der Waals surface area contributed by atoms with E-state index >= 15 is 0 Å². The van der Waals surface area contributed by atoms with E-state index in [1.54, 1.807) is 12.1 Å². The van der Waals surface area contributed by atoms with Crippen LogP contribution in [0.4, 0.5) is 0 Å². The first kappa shape index (κ1) is 14.5. The Morgan fingerprint density at radius 3 is 2.48 bits per heavy atom. The molecule has 2 aromatic carbocycles. The smallest absolute Gasteiger partial charge is 0.240 e. The average Bonchev–Trinajstić information content (AvgIpc) is 2.49. The summed E-state index contributed by atoms with van der Waals surface area (Å²) in [6.07, 6.45) is 3.80. The second-order valence-corrected chi connectivity index (χ2v) is 7.40. The SMILES string of the molecule is N[C@@H]1CCCC[C@H]1NS(=O)(=O)c1ccc2ccccc2c1. The Morgan fingerprint density at radius 1 is 1.00 bits per heavy atom. The van der Waals surface area contributed by atoms with E-state index < -0.39 is 10.0 Å². The van der Waals surface area contributed by atoms with Crippen LogP contribution in [0.1, 0.15) is 25.7 Å². The number of nitrogens with one attached hydrogen (secondary N) is 1. The van der Waals surface area contributed by atoms with Crippen molar-refractivity contribution in [2.24, 2.45) is 5.73 Å². The van der Waals surface area contributed by atoms with Crippen LogP contribution in [0.3, 0.4) is 0 Å². The van der Waals surface area contributed by atoms with Gasteiger partial charge in [-0.2, -0.15) is 0 Å². The van der Waals surface area contributed by atoms with Gasteiger partial charge in [-0.25, -0.2) is 13.1 Å². The number of rotatable bonds is 3. The fourth-order valence-corrected chi connectivity index (χ4v) is 4.26. The number of hydrogen-bond acceptors (Lipinski definition) is 3. The van der Waals surface area contributed by atoms with Crippen LogP contribution in [0.25, 0.3) is 10.8 Å². The summed E-state index contributed by atoms with van der Waals surface area (Å²) in [7, 11) is -3.51. The van der Waals surface area contributed by atoms with Crippen LogP contribution in [0.2, 0.25) is 0 Å². The molecule has 0 aromatic heterocycles. The molecule has 0 spiro atoms. The van der Waals surface area contributed by atoms with Gasteiger partial charge in [0.25, 0.3) is 0 Å². The maximum absolute atomic E-state index is 12.5. The van der Waals surface area contributed by atoms with Crippen molar-refractivity contribution in [1.82, 2.24) is 4.72 Å². The van der Waals surface area contributed by atoms with E-state index in [0.29, 0.717) is 4.90 Å². The monoisotopic (exact) mass is 304 g/mol. The minimum atomic E-state index is -3.51. The number of nitrogens with two attached hydrogens (primary N) is 1. The Labute approximate surface area is 125 Å². The lowest BCUT2D eigenvalue weighted by molar-refractivity contribution is 0.361. The first-order valence-electron chi connectivity index (χ1n) is 7.33. The van der Waals surface area contributed by atoms with Crippen LogP contribution in [0.15, 0.2) is 47.4 Å². The number of fused-ring (bicyclic) bond motifs is 1. The second kappa shape index (κ2) is 5.75. The highest BCUT2D eigenvalue weighted by molar-refractivity contribution is 7.89. The standard InChI is InChI=1S/C16H20N2O2S/c17-15-7-3-4-8-16(15)18-21(19,20)14-10-9-12-5-1-2-6-13(12)11-14/h1-2,5-6,9-11,15-16,18H,3-4,7-8,17H2/t15-,16-/m1/s1. The molecule has 0 heterocycles. The third-order valence-corrected chi connectivity index (χ3v) is 5.64. The molecule has 2 aromatic rings. The Kier molecular flexibility index (Phi) is 3.97. The number of sulfonamides is 1.